The number of hydrogen-bond donors (Lipinski definition) is 1. The van der Waals surface area contributed by atoms with Gasteiger partial charge in [-0.25, -0.2) is 0 Å². The summed E-state index contributed by atoms with van der Waals surface area (Å²) < 4.78 is 5.33. The van der Waals surface area contributed by atoms with Gasteiger partial charge in [0.2, 0.25) is 0 Å². The number of carboxylic acids is 1. The van der Waals surface area contributed by atoms with E-state index in [1.807, 2.05) is 55.5 Å². The van der Waals surface area contributed by atoms with Crippen molar-refractivity contribution in [2.75, 3.05) is 27.7 Å². The average Bonchev–Trinajstić information content (AvgIpc) is 2.82. The van der Waals surface area contributed by atoms with E-state index in [1.165, 1.54) is 24.0 Å². The fourth-order valence-electron chi connectivity index (χ4n) is 4.97. The molecular weight excluding hydrogens is 410 g/mol. The third kappa shape index (κ3) is 4.53. The molecule has 0 amide bonds. The summed E-state index contributed by atoms with van der Waals surface area (Å²) in [6.07, 6.45) is 4.57. The zero-order valence-electron chi connectivity index (χ0n) is 20.0. The highest BCUT2D eigenvalue weighted by Crippen LogP contribution is 2.38. The number of nitrogens with zero attached hydrogens (tertiary/aromatic N) is 1. The lowest BCUT2D eigenvalue weighted by Gasteiger charge is -2.28. The van der Waals surface area contributed by atoms with Crippen LogP contribution in [0.15, 0.2) is 66.2 Å². The highest BCUT2D eigenvalue weighted by Gasteiger charge is 2.37. The van der Waals surface area contributed by atoms with E-state index >= 15 is 0 Å². The van der Waals surface area contributed by atoms with Gasteiger partial charge in [0, 0.05) is 6.54 Å². The smallest absolute Gasteiger partial charge is 0.318 e. The van der Waals surface area contributed by atoms with Crippen LogP contribution in [0.1, 0.15) is 49.3 Å². The molecule has 4 heteroatoms. The van der Waals surface area contributed by atoms with Crippen LogP contribution in [0.4, 0.5) is 0 Å². The highest BCUT2D eigenvalue weighted by atomic mass is 16.5. The summed E-state index contributed by atoms with van der Waals surface area (Å²) in [6.45, 7) is 2.76. The average molecular weight is 444 g/mol. The number of carboxylic acid groups (broad SMARTS) is 1. The van der Waals surface area contributed by atoms with Crippen LogP contribution in [0.25, 0.3) is 16.3 Å². The molecule has 1 aliphatic rings. The summed E-state index contributed by atoms with van der Waals surface area (Å²) in [6, 6.07) is 20.0. The molecule has 33 heavy (non-hydrogen) atoms. The summed E-state index contributed by atoms with van der Waals surface area (Å²) in [5.74, 6) is -0.0584. The Labute approximate surface area is 196 Å². The van der Waals surface area contributed by atoms with Crippen LogP contribution in [0.5, 0.6) is 5.75 Å². The number of aliphatic carboxylic acids is 1. The lowest BCUT2D eigenvalue weighted by molar-refractivity contribution is -0.141. The van der Waals surface area contributed by atoms with E-state index in [1.54, 1.807) is 7.11 Å². The Kier molecular flexibility index (Phi) is 6.57. The van der Waals surface area contributed by atoms with Gasteiger partial charge in [-0.15, -0.1) is 0 Å². The monoisotopic (exact) mass is 443 g/mol. The number of ether oxygens (including phenoxy) is 1. The van der Waals surface area contributed by atoms with Crippen LogP contribution in [0, 0.1) is 0 Å². The molecule has 1 unspecified atom stereocenters. The van der Waals surface area contributed by atoms with Gasteiger partial charge in [-0.3, -0.25) is 4.79 Å². The van der Waals surface area contributed by atoms with Crippen molar-refractivity contribution in [2.24, 2.45) is 0 Å². The van der Waals surface area contributed by atoms with Crippen LogP contribution in [-0.4, -0.2) is 43.7 Å². The van der Waals surface area contributed by atoms with Crippen molar-refractivity contribution in [3.05, 3.63) is 82.9 Å². The molecule has 1 aliphatic carbocycles. The van der Waals surface area contributed by atoms with Gasteiger partial charge >= 0.3 is 5.97 Å². The first-order valence-electron chi connectivity index (χ1n) is 11.6. The first kappa shape index (κ1) is 23.1. The molecular formula is C29H33NO3. The first-order valence-corrected chi connectivity index (χ1v) is 11.6. The lowest BCUT2D eigenvalue weighted by Crippen LogP contribution is -2.33. The lowest BCUT2D eigenvalue weighted by atomic mass is 9.74. The Morgan fingerprint density at radius 2 is 1.67 bits per heavy atom. The highest BCUT2D eigenvalue weighted by molar-refractivity contribution is 5.90. The van der Waals surface area contributed by atoms with E-state index in [2.05, 4.69) is 31.1 Å². The summed E-state index contributed by atoms with van der Waals surface area (Å²) in [5.41, 5.74) is 4.44. The molecule has 1 N–H and O–H groups in total. The number of rotatable bonds is 7. The molecule has 0 aromatic heterocycles. The Morgan fingerprint density at radius 3 is 2.39 bits per heavy atom. The molecule has 3 aromatic carbocycles. The minimum absolute atomic E-state index is 0.774. The normalized spacial score (nSPS) is 16.2. The maximum atomic E-state index is 12.7. The van der Waals surface area contributed by atoms with Crippen molar-refractivity contribution in [2.45, 2.75) is 38.0 Å². The molecule has 172 valence electrons. The molecule has 0 aliphatic heterocycles. The fourth-order valence-corrected chi connectivity index (χ4v) is 4.97. The topological polar surface area (TPSA) is 49.8 Å². The van der Waals surface area contributed by atoms with Gasteiger partial charge in [-0.2, -0.15) is 0 Å². The Hall–Kier alpha value is -3.11. The maximum Gasteiger partial charge on any atom is 0.318 e. The number of hydrogen-bond acceptors (Lipinski definition) is 3. The molecule has 4 nitrogen and oxygen atoms in total. The Morgan fingerprint density at radius 1 is 0.970 bits per heavy atom. The largest absolute Gasteiger partial charge is 0.497 e. The Balaban J connectivity index is 1.81. The van der Waals surface area contributed by atoms with E-state index in [0.717, 1.165) is 52.6 Å². The van der Waals surface area contributed by atoms with Gasteiger partial charge in [-0.1, -0.05) is 42.0 Å². The van der Waals surface area contributed by atoms with Gasteiger partial charge < -0.3 is 14.7 Å². The summed E-state index contributed by atoms with van der Waals surface area (Å²) >= 11 is 0. The van der Waals surface area contributed by atoms with E-state index in [4.69, 9.17) is 4.74 Å². The minimum Gasteiger partial charge on any atom is -0.497 e. The molecule has 0 saturated heterocycles. The van der Waals surface area contributed by atoms with Crippen molar-refractivity contribution < 1.29 is 14.6 Å². The van der Waals surface area contributed by atoms with Gasteiger partial charge in [0.05, 0.1) is 7.11 Å². The van der Waals surface area contributed by atoms with Crippen molar-refractivity contribution >= 4 is 22.3 Å². The number of likely N-dealkylation sites (N-methyl/N-ethyl adjacent to an activating group) is 1. The second-order valence-corrected chi connectivity index (χ2v) is 9.47. The number of carbonyl (C=O) groups is 1. The fraction of sp³-hybridized carbons (Fsp3) is 0.345. The van der Waals surface area contributed by atoms with E-state index in [-0.39, 0.29) is 0 Å². The van der Waals surface area contributed by atoms with Crippen molar-refractivity contribution in [1.82, 2.24) is 4.90 Å². The van der Waals surface area contributed by atoms with E-state index in [0.29, 0.717) is 0 Å². The van der Waals surface area contributed by atoms with Gasteiger partial charge in [0.25, 0.3) is 0 Å². The van der Waals surface area contributed by atoms with Gasteiger partial charge in [0.15, 0.2) is 0 Å². The molecule has 0 bridgehead atoms. The summed E-state index contributed by atoms with van der Waals surface area (Å²) in [5, 5.41) is 12.5. The predicted molar refractivity (Wildman–Crippen MR) is 135 cm³/mol. The van der Waals surface area contributed by atoms with Crippen LogP contribution in [0.2, 0.25) is 0 Å². The zero-order chi connectivity index (χ0) is 23.6. The third-order valence-corrected chi connectivity index (χ3v) is 6.93. The zero-order valence-corrected chi connectivity index (χ0v) is 20.0. The second-order valence-electron chi connectivity index (χ2n) is 9.47. The number of allylic oxidation sites excluding steroid dienone is 1. The van der Waals surface area contributed by atoms with Crippen LogP contribution in [0.3, 0.4) is 0 Å². The Bertz CT molecular complexity index is 1210. The molecule has 0 radical (unpaired) electrons. The SMILES string of the molecule is COc1ccc2cc(C(C)(C(=O)O)c3cccc(C4=C(CN(C)C)CCCC4)c3)ccc2c1. The van der Waals surface area contributed by atoms with Gasteiger partial charge in [0.1, 0.15) is 11.2 Å². The molecule has 0 fully saturated rings. The predicted octanol–water partition coefficient (Wildman–Crippen LogP) is 6.13. The number of fused-ring (bicyclic) bond motifs is 1. The molecule has 0 saturated carbocycles. The van der Waals surface area contributed by atoms with E-state index < -0.39 is 11.4 Å². The van der Waals surface area contributed by atoms with Gasteiger partial charge in [-0.05, 0) is 104 Å². The molecule has 0 heterocycles. The number of methoxy groups -OCH3 is 1. The van der Waals surface area contributed by atoms with Crippen LogP contribution < -0.4 is 4.74 Å². The van der Waals surface area contributed by atoms with Crippen LogP contribution >= 0.6 is 0 Å². The van der Waals surface area contributed by atoms with Crippen molar-refractivity contribution in [3.63, 3.8) is 0 Å². The standard InChI is InChI=1S/C29H33NO3/c1-29(28(31)32,25-14-12-21-18-26(33-4)15-13-20(21)16-25)24-10-7-9-22(17-24)27-11-6-5-8-23(27)19-30(2)3/h7,9-10,12-18H,5-6,8,11,19H2,1-4H3,(H,31,32). The minimum atomic E-state index is -1.15. The quantitative estimate of drug-likeness (QED) is 0.477. The van der Waals surface area contributed by atoms with Crippen molar-refractivity contribution in [3.8, 4) is 5.75 Å². The molecule has 0 spiro atoms. The summed E-state index contributed by atoms with van der Waals surface area (Å²) in [7, 11) is 5.86. The third-order valence-electron chi connectivity index (χ3n) is 6.93. The maximum absolute atomic E-state index is 12.7. The number of benzene rings is 3. The van der Waals surface area contributed by atoms with Crippen molar-refractivity contribution in [1.29, 1.82) is 0 Å². The van der Waals surface area contributed by atoms with Crippen LogP contribution in [-0.2, 0) is 10.2 Å². The molecule has 4 rings (SSSR count). The second kappa shape index (κ2) is 9.40. The van der Waals surface area contributed by atoms with E-state index in [9.17, 15) is 9.90 Å². The first-order chi connectivity index (χ1) is 15.8. The molecule has 1 atom stereocenters. The molecule has 3 aromatic rings. The summed E-state index contributed by atoms with van der Waals surface area (Å²) in [4.78, 5) is 14.9.